The van der Waals surface area contributed by atoms with Crippen LogP contribution in [-0.2, 0) is 32.6 Å². The van der Waals surface area contributed by atoms with Crippen molar-refractivity contribution in [2.75, 3.05) is 10.8 Å². The molecule has 44 heavy (non-hydrogen) atoms. The van der Waals surface area contributed by atoms with Crippen molar-refractivity contribution in [2.24, 2.45) is 0 Å². The first-order valence-electron chi connectivity index (χ1n) is 14.1. The van der Waals surface area contributed by atoms with Gasteiger partial charge in [-0.1, -0.05) is 102 Å². The molecule has 0 saturated heterocycles. The summed E-state index contributed by atoms with van der Waals surface area (Å²) in [5.74, 6) is -0.946. The molecule has 0 aliphatic heterocycles. The summed E-state index contributed by atoms with van der Waals surface area (Å²) < 4.78 is 29.1. The fraction of sp³-hybridized carbons (Fsp3) is 0.235. The molecule has 0 bridgehead atoms. The molecule has 1 N–H and O–H groups in total. The van der Waals surface area contributed by atoms with Crippen molar-refractivity contribution in [1.29, 1.82) is 0 Å². The molecule has 0 aliphatic carbocycles. The first-order chi connectivity index (χ1) is 20.8. The van der Waals surface area contributed by atoms with Crippen LogP contribution in [0.4, 0.5) is 5.69 Å². The monoisotopic (exact) mass is 651 g/mol. The molecule has 1 atom stereocenters. The zero-order chi connectivity index (χ0) is 31.9. The van der Waals surface area contributed by atoms with Gasteiger partial charge in [-0.15, -0.1) is 0 Å². The number of carbonyl (C=O) groups excluding carboxylic acids is 2. The topological polar surface area (TPSA) is 86.8 Å². The van der Waals surface area contributed by atoms with Crippen LogP contribution in [0.2, 0.25) is 10.0 Å². The lowest BCUT2D eigenvalue weighted by Gasteiger charge is -2.35. The van der Waals surface area contributed by atoms with Gasteiger partial charge in [-0.25, -0.2) is 8.42 Å². The molecule has 2 amide bonds. The minimum atomic E-state index is -4.29. The summed E-state index contributed by atoms with van der Waals surface area (Å²) in [6.07, 6.45) is 0.213. The third-order valence-corrected chi connectivity index (χ3v) is 9.08. The Labute approximate surface area is 269 Å². The molecule has 0 aromatic heterocycles. The molecule has 0 fully saturated rings. The number of nitrogens with one attached hydrogen (secondary N) is 1. The van der Waals surface area contributed by atoms with E-state index in [-0.39, 0.29) is 39.5 Å². The van der Waals surface area contributed by atoms with E-state index >= 15 is 0 Å². The van der Waals surface area contributed by atoms with Crippen LogP contribution in [0, 0.1) is 0 Å². The molecule has 230 valence electrons. The molecular formula is C34H35Cl2N3O4S. The van der Waals surface area contributed by atoms with E-state index in [4.69, 9.17) is 23.2 Å². The number of halogens is 2. The van der Waals surface area contributed by atoms with E-state index in [1.165, 1.54) is 35.2 Å². The van der Waals surface area contributed by atoms with Gasteiger partial charge in [0, 0.05) is 23.5 Å². The molecule has 4 aromatic rings. The fourth-order valence-electron chi connectivity index (χ4n) is 4.70. The average molecular weight is 653 g/mol. The number of benzene rings is 4. The number of hydrogen-bond acceptors (Lipinski definition) is 4. The average Bonchev–Trinajstić information content (AvgIpc) is 2.99. The molecule has 4 aromatic carbocycles. The normalized spacial score (nSPS) is 12.3. The van der Waals surface area contributed by atoms with Crippen molar-refractivity contribution in [2.45, 2.75) is 50.2 Å². The summed E-state index contributed by atoms with van der Waals surface area (Å²) >= 11 is 12.8. The number of nitrogens with zero attached hydrogens (tertiary/aromatic N) is 2. The zero-order valence-corrected chi connectivity index (χ0v) is 27.1. The van der Waals surface area contributed by atoms with E-state index in [9.17, 15) is 18.0 Å². The molecule has 0 saturated carbocycles. The van der Waals surface area contributed by atoms with Gasteiger partial charge in [0.25, 0.3) is 10.0 Å². The first-order valence-corrected chi connectivity index (χ1v) is 16.3. The number of anilines is 1. The highest BCUT2D eigenvalue weighted by Gasteiger charge is 2.36. The van der Waals surface area contributed by atoms with E-state index in [0.29, 0.717) is 0 Å². The van der Waals surface area contributed by atoms with Gasteiger partial charge in [-0.3, -0.25) is 13.9 Å². The molecule has 0 unspecified atom stereocenters. The smallest absolute Gasteiger partial charge is 0.264 e. The predicted molar refractivity (Wildman–Crippen MR) is 176 cm³/mol. The Bertz CT molecular complexity index is 1680. The van der Waals surface area contributed by atoms with Crippen LogP contribution < -0.4 is 9.62 Å². The maximum absolute atomic E-state index is 14.5. The largest absolute Gasteiger partial charge is 0.350 e. The lowest BCUT2D eigenvalue weighted by atomic mass is 10.0. The second kappa shape index (κ2) is 14.3. The van der Waals surface area contributed by atoms with Gasteiger partial charge in [0.1, 0.15) is 12.6 Å². The first kappa shape index (κ1) is 33.1. The van der Waals surface area contributed by atoms with E-state index in [2.05, 4.69) is 5.32 Å². The van der Waals surface area contributed by atoms with E-state index in [0.717, 1.165) is 15.4 Å². The van der Waals surface area contributed by atoms with Crippen molar-refractivity contribution < 1.29 is 18.0 Å². The summed E-state index contributed by atoms with van der Waals surface area (Å²) in [4.78, 5) is 29.8. The zero-order valence-electron chi connectivity index (χ0n) is 24.8. The van der Waals surface area contributed by atoms with Crippen molar-refractivity contribution in [3.05, 3.63) is 130 Å². The van der Waals surface area contributed by atoms with Gasteiger partial charge in [0.2, 0.25) is 11.8 Å². The summed E-state index contributed by atoms with van der Waals surface area (Å²) in [7, 11) is -4.29. The van der Waals surface area contributed by atoms with E-state index in [1.54, 1.807) is 18.2 Å². The van der Waals surface area contributed by atoms with Crippen molar-refractivity contribution >= 4 is 50.7 Å². The molecule has 0 spiro atoms. The number of carbonyl (C=O) groups is 2. The molecule has 0 radical (unpaired) electrons. The minimum absolute atomic E-state index is 0.0234. The second-order valence-corrected chi connectivity index (χ2v) is 14.1. The Morgan fingerprint density at radius 3 is 1.91 bits per heavy atom. The Hall–Kier alpha value is -3.85. The third-order valence-electron chi connectivity index (χ3n) is 6.75. The van der Waals surface area contributed by atoms with Gasteiger partial charge >= 0.3 is 0 Å². The highest BCUT2D eigenvalue weighted by molar-refractivity contribution is 7.92. The maximum atomic E-state index is 14.5. The summed E-state index contributed by atoms with van der Waals surface area (Å²) in [5, 5.41) is 3.36. The quantitative estimate of drug-likeness (QED) is 0.194. The van der Waals surface area contributed by atoms with Crippen molar-refractivity contribution in [1.82, 2.24) is 10.2 Å². The van der Waals surface area contributed by atoms with Crippen LogP contribution in [0.25, 0.3) is 0 Å². The fourth-order valence-corrected chi connectivity index (χ4v) is 6.58. The van der Waals surface area contributed by atoms with Crippen LogP contribution >= 0.6 is 23.2 Å². The number of amides is 2. The molecular weight excluding hydrogens is 617 g/mol. The number of hydrogen-bond donors (Lipinski definition) is 1. The standard InChI is InChI=1S/C34H35Cl2N3O4S/c1-34(2,3)37-33(41)31(21-25-13-7-4-8-14-25)38(23-26-15-9-5-10-16-26)32(40)24-39(30-22-27(35)19-20-29(30)36)44(42,43)28-17-11-6-12-18-28/h4-20,22,31H,21,23-24H2,1-3H3,(H,37,41)/t31-/m1/s1. The minimum Gasteiger partial charge on any atom is -0.350 e. The second-order valence-electron chi connectivity index (χ2n) is 11.4. The number of rotatable bonds is 11. The SMILES string of the molecule is CC(C)(C)NC(=O)[C@@H](Cc1ccccc1)N(Cc1ccccc1)C(=O)CN(c1cc(Cl)ccc1Cl)S(=O)(=O)c1ccccc1. The van der Waals surface area contributed by atoms with Crippen LogP contribution in [-0.4, -0.2) is 43.3 Å². The summed E-state index contributed by atoms with van der Waals surface area (Å²) in [6.45, 7) is 5.03. The highest BCUT2D eigenvalue weighted by Crippen LogP contribution is 2.33. The molecule has 4 rings (SSSR count). The Morgan fingerprint density at radius 2 is 1.34 bits per heavy atom. The molecule has 0 aliphatic rings. The van der Waals surface area contributed by atoms with Gasteiger partial charge in [0.15, 0.2) is 0 Å². The van der Waals surface area contributed by atoms with Crippen LogP contribution in [0.5, 0.6) is 0 Å². The Kier molecular flexibility index (Phi) is 10.7. The number of sulfonamides is 1. The molecule has 7 nitrogen and oxygen atoms in total. The summed E-state index contributed by atoms with van der Waals surface area (Å²) in [5.41, 5.74) is 1.10. The molecule has 10 heteroatoms. The summed E-state index contributed by atoms with van der Waals surface area (Å²) in [6, 6.07) is 29.9. The van der Waals surface area contributed by atoms with Crippen LogP contribution in [0.3, 0.4) is 0 Å². The van der Waals surface area contributed by atoms with Gasteiger partial charge in [0.05, 0.1) is 15.6 Å². The van der Waals surface area contributed by atoms with Gasteiger partial charge < -0.3 is 10.2 Å². The Morgan fingerprint density at radius 1 is 0.795 bits per heavy atom. The maximum Gasteiger partial charge on any atom is 0.264 e. The van der Waals surface area contributed by atoms with Crippen molar-refractivity contribution in [3.63, 3.8) is 0 Å². The van der Waals surface area contributed by atoms with E-state index in [1.807, 2.05) is 81.4 Å². The van der Waals surface area contributed by atoms with E-state index < -0.39 is 34.1 Å². The molecule has 0 heterocycles. The highest BCUT2D eigenvalue weighted by atomic mass is 35.5. The third kappa shape index (κ3) is 8.62. The predicted octanol–water partition coefficient (Wildman–Crippen LogP) is 6.74. The van der Waals surface area contributed by atoms with Gasteiger partial charge in [-0.05, 0) is 62.2 Å². The van der Waals surface area contributed by atoms with Crippen LogP contribution in [0.15, 0.2) is 114 Å². The Balaban J connectivity index is 1.83. The van der Waals surface area contributed by atoms with Crippen LogP contribution in [0.1, 0.15) is 31.9 Å². The van der Waals surface area contributed by atoms with Crippen molar-refractivity contribution in [3.8, 4) is 0 Å². The van der Waals surface area contributed by atoms with Gasteiger partial charge in [-0.2, -0.15) is 0 Å². The lowest BCUT2D eigenvalue weighted by molar-refractivity contribution is -0.140. The lowest BCUT2D eigenvalue weighted by Crippen LogP contribution is -2.56.